The van der Waals surface area contributed by atoms with Crippen molar-refractivity contribution in [3.8, 4) is 10.6 Å². The highest BCUT2D eigenvalue weighted by atomic mass is 32.1. The number of carbonyl (C=O) groups is 1. The van der Waals surface area contributed by atoms with Crippen LogP contribution < -0.4 is 5.73 Å². The lowest BCUT2D eigenvalue weighted by atomic mass is 10.1. The summed E-state index contributed by atoms with van der Waals surface area (Å²) in [7, 11) is 0. The molecule has 1 aromatic carbocycles. The van der Waals surface area contributed by atoms with Crippen LogP contribution in [0.3, 0.4) is 0 Å². The van der Waals surface area contributed by atoms with Crippen molar-refractivity contribution in [1.82, 2.24) is 9.88 Å². The van der Waals surface area contributed by atoms with Crippen LogP contribution in [0.1, 0.15) is 29.4 Å². The summed E-state index contributed by atoms with van der Waals surface area (Å²) in [6.07, 6.45) is 0.983. The van der Waals surface area contributed by atoms with Gasteiger partial charge < -0.3 is 10.6 Å². The molecule has 0 bridgehead atoms. The molecule has 22 heavy (non-hydrogen) atoms. The molecule has 2 unspecified atom stereocenters. The van der Waals surface area contributed by atoms with Crippen LogP contribution in [0, 0.1) is 12.8 Å². The molecule has 2 heterocycles. The van der Waals surface area contributed by atoms with E-state index in [1.165, 1.54) is 16.9 Å². The summed E-state index contributed by atoms with van der Waals surface area (Å²) in [6.45, 7) is 5.53. The van der Waals surface area contributed by atoms with E-state index in [0.717, 1.165) is 23.5 Å². The third-order valence-electron chi connectivity index (χ3n) is 4.28. The molecular formula is C17H21N3OS. The summed E-state index contributed by atoms with van der Waals surface area (Å²) in [5, 5.41) is 2.76. The average molecular weight is 315 g/mol. The lowest BCUT2D eigenvalue weighted by Crippen LogP contribution is -2.34. The van der Waals surface area contributed by atoms with Crippen molar-refractivity contribution in [3.63, 3.8) is 0 Å². The Morgan fingerprint density at radius 1 is 1.41 bits per heavy atom. The maximum Gasteiger partial charge on any atom is 0.273 e. The largest absolute Gasteiger partial charge is 0.334 e. The van der Waals surface area contributed by atoms with E-state index in [1.54, 1.807) is 0 Å². The number of thiazole rings is 1. The molecule has 3 rings (SSSR count). The molecule has 116 valence electrons. The van der Waals surface area contributed by atoms with Gasteiger partial charge in [-0.25, -0.2) is 4.98 Å². The highest BCUT2D eigenvalue weighted by Gasteiger charge is 2.33. The van der Waals surface area contributed by atoms with Crippen molar-refractivity contribution in [2.24, 2.45) is 11.7 Å². The quantitative estimate of drug-likeness (QED) is 0.947. The van der Waals surface area contributed by atoms with Crippen LogP contribution in [0.2, 0.25) is 0 Å². The van der Waals surface area contributed by atoms with Gasteiger partial charge in [0.1, 0.15) is 10.7 Å². The molecule has 1 fully saturated rings. The SMILES string of the molecule is Cc1ccc(-c2nc(C(=O)N3CC(CN)CC3C)cs2)cc1. The molecule has 2 N–H and O–H groups in total. The first kappa shape index (κ1) is 15.2. The molecule has 0 spiro atoms. The van der Waals surface area contributed by atoms with Crippen molar-refractivity contribution < 1.29 is 4.79 Å². The molecule has 2 atom stereocenters. The van der Waals surface area contributed by atoms with Crippen molar-refractivity contribution in [1.29, 1.82) is 0 Å². The summed E-state index contributed by atoms with van der Waals surface area (Å²) in [5.41, 5.74) is 8.56. The molecule has 1 aromatic heterocycles. The van der Waals surface area contributed by atoms with Gasteiger partial charge in [-0.3, -0.25) is 4.79 Å². The Morgan fingerprint density at radius 2 is 2.14 bits per heavy atom. The Kier molecular flexibility index (Phi) is 4.27. The van der Waals surface area contributed by atoms with Crippen molar-refractivity contribution >= 4 is 17.2 Å². The van der Waals surface area contributed by atoms with Crippen LogP contribution in [-0.2, 0) is 0 Å². The van der Waals surface area contributed by atoms with Gasteiger partial charge in [0.05, 0.1) is 0 Å². The minimum Gasteiger partial charge on any atom is -0.334 e. The molecule has 0 radical (unpaired) electrons. The zero-order valence-electron chi connectivity index (χ0n) is 13.0. The van der Waals surface area contributed by atoms with E-state index in [4.69, 9.17) is 5.73 Å². The van der Waals surface area contributed by atoms with Gasteiger partial charge in [0, 0.05) is 23.5 Å². The standard InChI is InChI=1S/C17H21N3OS/c1-11-3-5-14(6-4-11)16-19-15(10-22-16)17(21)20-9-13(8-18)7-12(20)2/h3-6,10,12-13H,7-9,18H2,1-2H3. The fraction of sp³-hybridized carbons (Fsp3) is 0.412. The maximum atomic E-state index is 12.6. The number of likely N-dealkylation sites (tertiary alicyclic amines) is 1. The Labute approximate surface area is 135 Å². The molecule has 5 heteroatoms. The Hall–Kier alpha value is -1.72. The molecule has 1 saturated heterocycles. The molecular weight excluding hydrogens is 294 g/mol. The third kappa shape index (κ3) is 2.91. The van der Waals surface area contributed by atoms with E-state index in [0.29, 0.717) is 18.2 Å². The van der Waals surface area contributed by atoms with E-state index in [-0.39, 0.29) is 11.9 Å². The van der Waals surface area contributed by atoms with E-state index in [2.05, 4.69) is 31.0 Å². The fourth-order valence-corrected chi connectivity index (χ4v) is 3.74. The van der Waals surface area contributed by atoms with Crippen LogP contribution in [0.15, 0.2) is 29.6 Å². The number of aromatic nitrogens is 1. The van der Waals surface area contributed by atoms with Crippen LogP contribution >= 0.6 is 11.3 Å². The van der Waals surface area contributed by atoms with E-state index in [1.807, 2.05) is 22.4 Å². The minimum atomic E-state index is 0.0260. The monoisotopic (exact) mass is 315 g/mol. The third-order valence-corrected chi connectivity index (χ3v) is 5.17. The first-order valence-electron chi connectivity index (χ1n) is 7.62. The van der Waals surface area contributed by atoms with Gasteiger partial charge >= 0.3 is 0 Å². The van der Waals surface area contributed by atoms with Gasteiger partial charge in [-0.15, -0.1) is 11.3 Å². The Balaban J connectivity index is 1.79. The lowest BCUT2D eigenvalue weighted by molar-refractivity contribution is 0.0738. The first-order chi connectivity index (χ1) is 10.6. The van der Waals surface area contributed by atoms with E-state index in [9.17, 15) is 4.79 Å². The normalized spacial score (nSPS) is 21.3. The van der Waals surface area contributed by atoms with Crippen LogP contribution in [0.5, 0.6) is 0 Å². The number of nitrogens with zero attached hydrogens (tertiary/aromatic N) is 2. The highest BCUT2D eigenvalue weighted by Crippen LogP contribution is 2.27. The molecule has 4 nitrogen and oxygen atoms in total. The van der Waals surface area contributed by atoms with E-state index < -0.39 is 0 Å². The molecule has 1 amide bonds. The maximum absolute atomic E-state index is 12.6. The van der Waals surface area contributed by atoms with Gasteiger partial charge in [0.25, 0.3) is 5.91 Å². The molecule has 1 aliphatic heterocycles. The number of rotatable bonds is 3. The summed E-state index contributed by atoms with van der Waals surface area (Å²) >= 11 is 1.52. The van der Waals surface area contributed by atoms with Gasteiger partial charge in [0.2, 0.25) is 0 Å². The van der Waals surface area contributed by atoms with Crippen LogP contribution in [0.25, 0.3) is 10.6 Å². The summed E-state index contributed by atoms with van der Waals surface area (Å²) < 4.78 is 0. The summed E-state index contributed by atoms with van der Waals surface area (Å²) in [4.78, 5) is 19.1. The predicted molar refractivity (Wildman–Crippen MR) is 89.9 cm³/mol. The fourth-order valence-electron chi connectivity index (χ4n) is 2.94. The first-order valence-corrected chi connectivity index (χ1v) is 8.50. The smallest absolute Gasteiger partial charge is 0.273 e. The summed E-state index contributed by atoms with van der Waals surface area (Å²) in [5.74, 6) is 0.437. The Morgan fingerprint density at radius 3 is 2.77 bits per heavy atom. The number of carbonyl (C=O) groups excluding carboxylic acids is 1. The average Bonchev–Trinajstić information content (AvgIpc) is 3.14. The van der Waals surface area contributed by atoms with Crippen molar-refractivity contribution in [2.75, 3.05) is 13.1 Å². The number of nitrogens with two attached hydrogens (primary N) is 1. The number of aryl methyl sites for hydroxylation is 1. The zero-order valence-corrected chi connectivity index (χ0v) is 13.8. The second-order valence-electron chi connectivity index (χ2n) is 6.05. The zero-order chi connectivity index (χ0) is 15.7. The van der Waals surface area contributed by atoms with Gasteiger partial charge in [0.15, 0.2) is 0 Å². The van der Waals surface area contributed by atoms with Crippen molar-refractivity contribution in [3.05, 3.63) is 40.9 Å². The van der Waals surface area contributed by atoms with Crippen LogP contribution in [0.4, 0.5) is 0 Å². The van der Waals surface area contributed by atoms with Gasteiger partial charge in [-0.1, -0.05) is 29.8 Å². The number of amides is 1. The topological polar surface area (TPSA) is 59.2 Å². The predicted octanol–water partition coefficient (Wildman–Crippen LogP) is 2.93. The molecule has 2 aromatic rings. The number of hydrogen-bond acceptors (Lipinski definition) is 4. The number of hydrogen-bond donors (Lipinski definition) is 1. The van der Waals surface area contributed by atoms with E-state index >= 15 is 0 Å². The van der Waals surface area contributed by atoms with Gasteiger partial charge in [-0.05, 0) is 32.7 Å². The highest BCUT2D eigenvalue weighted by molar-refractivity contribution is 7.13. The molecule has 1 aliphatic rings. The minimum absolute atomic E-state index is 0.0260. The van der Waals surface area contributed by atoms with Gasteiger partial charge in [-0.2, -0.15) is 0 Å². The second-order valence-corrected chi connectivity index (χ2v) is 6.91. The Bertz CT molecular complexity index is 665. The van der Waals surface area contributed by atoms with Crippen molar-refractivity contribution in [2.45, 2.75) is 26.3 Å². The lowest BCUT2D eigenvalue weighted by Gasteiger charge is -2.20. The second kappa shape index (κ2) is 6.18. The number of benzene rings is 1. The molecule has 0 aliphatic carbocycles. The summed E-state index contributed by atoms with van der Waals surface area (Å²) in [6, 6.07) is 8.46. The van der Waals surface area contributed by atoms with Crippen LogP contribution in [-0.4, -0.2) is 34.9 Å². The molecule has 0 saturated carbocycles.